The van der Waals surface area contributed by atoms with Gasteiger partial charge < -0.3 is 14.6 Å². The molecule has 2 saturated heterocycles. The van der Waals surface area contributed by atoms with Crippen LogP contribution in [-0.2, 0) is 29.1 Å². The molecule has 9 nitrogen and oxygen atoms in total. The first kappa shape index (κ1) is 23.5. The predicted octanol–water partition coefficient (Wildman–Crippen LogP) is 2.48. The van der Waals surface area contributed by atoms with Gasteiger partial charge in [0.2, 0.25) is 11.8 Å². The van der Waals surface area contributed by atoms with E-state index in [0.29, 0.717) is 31.2 Å². The van der Waals surface area contributed by atoms with E-state index in [1.807, 2.05) is 12.1 Å². The number of imide groups is 1. The Hall–Kier alpha value is -3.20. The second-order valence-corrected chi connectivity index (χ2v) is 9.76. The van der Waals surface area contributed by atoms with Crippen molar-refractivity contribution in [2.24, 2.45) is 0 Å². The minimum absolute atomic E-state index is 0.166. The van der Waals surface area contributed by atoms with Gasteiger partial charge in [0, 0.05) is 43.2 Å². The molecule has 2 N–H and O–H groups in total. The van der Waals surface area contributed by atoms with Gasteiger partial charge in [-0.15, -0.1) is 0 Å². The van der Waals surface area contributed by atoms with Crippen LogP contribution in [0.3, 0.4) is 0 Å². The number of nitrogens with one attached hydrogen (secondary N) is 2. The molecule has 1 aromatic carbocycles. The molecule has 3 aliphatic rings. The zero-order chi connectivity index (χ0) is 24.5. The van der Waals surface area contributed by atoms with Crippen molar-refractivity contribution in [3.8, 4) is 5.75 Å². The zero-order valence-electron chi connectivity index (χ0n) is 20.4. The Morgan fingerprint density at radius 1 is 1.17 bits per heavy atom. The maximum atomic E-state index is 12.9. The van der Waals surface area contributed by atoms with Gasteiger partial charge >= 0.3 is 0 Å². The van der Waals surface area contributed by atoms with E-state index in [2.05, 4.69) is 29.0 Å². The summed E-state index contributed by atoms with van der Waals surface area (Å²) in [4.78, 5) is 48.8. The summed E-state index contributed by atoms with van der Waals surface area (Å²) in [6.45, 7) is 6.96. The standard InChI is InChI=1S/C26H33N5O4/c1-3-23-27-16(2)21(28-23)14-30-11-5-4-6-18(30)15-35-19-7-8-20-17(12-19)13-31(26(20)34)22-9-10-24(32)29-25(22)33/h7-8,12,18,22H,3-6,9-11,13-15H2,1-2H3,(H,27,28)(H,29,32,33)/t18-,22?/m0/s1. The molecule has 3 aliphatic heterocycles. The average molecular weight is 480 g/mol. The van der Waals surface area contributed by atoms with E-state index in [0.717, 1.165) is 54.5 Å². The number of benzene rings is 1. The van der Waals surface area contributed by atoms with Gasteiger partial charge in [-0.3, -0.25) is 24.6 Å². The number of carbonyl (C=O) groups excluding carboxylic acids is 3. The van der Waals surface area contributed by atoms with Crippen LogP contribution in [0, 0.1) is 6.92 Å². The van der Waals surface area contributed by atoms with Crippen LogP contribution in [0.25, 0.3) is 0 Å². The smallest absolute Gasteiger partial charge is 0.255 e. The Morgan fingerprint density at radius 3 is 2.80 bits per heavy atom. The van der Waals surface area contributed by atoms with Crippen molar-refractivity contribution in [3.63, 3.8) is 0 Å². The van der Waals surface area contributed by atoms with Crippen molar-refractivity contribution < 1.29 is 19.1 Å². The van der Waals surface area contributed by atoms with Crippen LogP contribution < -0.4 is 10.1 Å². The SMILES string of the molecule is CCc1nc(CN2CCCC[C@H]2COc2ccc3c(c2)CN(C2CCC(=O)NC2=O)C3=O)c(C)[nH]1. The molecule has 186 valence electrons. The largest absolute Gasteiger partial charge is 0.492 e. The van der Waals surface area contributed by atoms with Crippen LogP contribution in [-0.4, -0.2) is 62.7 Å². The van der Waals surface area contributed by atoms with Crippen molar-refractivity contribution in [1.29, 1.82) is 0 Å². The van der Waals surface area contributed by atoms with Crippen LogP contribution >= 0.6 is 0 Å². The van der Waals surface area contributed by atoms with E-state index in [9.17, 15) is 14.4 Å². The lowest BCUT2D eigenvalue weighted by Gasteiger charge is -2.35. The van der Waals surface area contributed by atoms with Gasteiger partial charge in [-0.25, -0.2) is 4.98 Å². The van der Waals surface area contributed by atoms with Crippen molar-refractivity contribution in [3.05, 3.63) is 46.5 Å². The van der Waals surface area contributed by atoms with Gasteiger partial charge in [0.25, 0.3) is 5.91 Å². The fraction of sp³-hybridized carbons (Fsp3) is 0.538. The highest BCUT2D eigenvalue weighted by molar-refractivity contribution is 6.05. The summed E-state index contributed by atoms with van der Waals surface area (Å²) < 4.78 is 6.22. The summed E-state index contributed by atoms with van der Waals surface area (Å²) in [5.74, 6) is 0.920. The number of nitrogens with zero attached hydrogens (tertiary/aromatic N) is 3. The second-order valence-electron chi connectivity index (χ2n) is 9.76. The predicted molar refractivity (Wildman–Crippen MR) is 129 cm³/mol. The van der Waals surface area contributed by atoms with Crippen LogP contribution in [0.2, 0.25) is 0 Å². The lowest BCUT2D eigenvalue weighted by Crippen LogP contribution is -2.52. The van der Waals surface area contributed by atoms with Crippen molar-refractivity contribution in [1.82, 2.24) is 25.1 Å². The quantitative estimate of drug-likeness (QED) is 0.591. The molecule has 1 aromatic heterocycles. The monoisotopic (exact) mass is 479 g/mol. The van der Waals surface area contributed by atoms with E-state index >= 15 is 0 Å². The average Bonchev–Trinajstić information content (AvgIpc) is 3.37. The zero-order valence-corrected chi connectivity index (χ0v) is 20.4. The first-order chi connectivity index (χ1) is 16.9. The van der Waals surface area contributed by atoms with Gasteiger partial charge in [0.05, 0.1) is 5.69 Å². The lowest BCUT2D eigenvalue weighted by molar-refractivity contribution is -0.136. The summed E-state index contributed by atoms with van der Waals surface area (Å²) in [7, 11) is 0. The summed E-state index contributed by atoms with van der Waals surface area (Å²) in [5, 5.41) is 2.34. The molecule has 5 rings (SSSR count). The Morgan fingerprint density at radius 2 is 2.03 bits per heavy atom. The summed E-state index contributed by atoms with van der Waals surface area (Å²) in [6.07, 6.45) is 4.95. The third-order valence-corrected chi connectivity index (χ3v) is 7.41. The van der Waals surface area contributed by atoms with E-state index in [1.54, 1.807) is 11.0 Å². The number of H-pyrrole nitrogens is 1. The van der Waals surface area contributed by atoms with Crippen LogP contribution in [0.15, 0.2) is 18.2 Å². The van der Waals surface area contributed by atoms with E-state index in [4.69, 9.17) is 9.72 Å². The molecule has 2 fully saturated rings. The van der Waals surface area contributed by atoms with Gasteiger partial charge in [0.15, 0.2) is 0 Å². The van der Waals surface area contributed by atoms with E-state index in [-0.39, 0.29) is 18.2 Å². The number of piperidine rings is 2. The molecule has 1 unspecified atom stereocenters. The Bertz CT molecular complexity index is 1140. The molecule has 0 saturated carbocycles. The lowest BCUT2D eigenvalue weighted by atomic mass is 10.0. The minimum Gasteiger partial charge on any atom is -0.492 e. The molecular formula is C26H33N5O4. The number of aromatic nitrogens is 2. The first-order valence-electron chi connectivity index (χ1n) is 12.6. The fourth-order valence-electron chi connectivity index (χ4n) is 5.37. The third kappa shape index (κ3) is 4.82. The van der Waals surface area contributed by atoms with E-state index < -0.39 is 11.9 Å². The molecule has 3 amide bonds. The summed E-state index contributed by atoms with van der Waals surface area (Å²) in [5.41, 5.74) is 3.70. The van der Waals surface area contributed by atoms with E-state index in [1.165, 1.54) is 12.8 Å². The molecule has 4 heterocycles. The number of hydrogen-bond acceptors (Lipinski definition) is 6. The summed E-state index contributed by atoms with van der Waals surface area (Å²) in [6, 6.07) is 5.24. The number of ether oxygens (including phenoxy) is 1. The van der Waals surface area contributed by atoms with Gasteiger partial charge in [0.1, 0.15) is 24.2 Å². The number of amides is 3. The molecular weight excluding hydrogens is 446 g/mol. The molecule has 0 spiro atoms. The normalized spacial score (nSPS) is 22.9. The molecule has 9 heteroatoms. The van der Waals surface area contributed by atoms with Crippen molar-refractivity contribution in [2.75, 3.05) is 13.2 Å². The molecule has 35 heavy (non-hydrogen) atoms. The topological polar surface area (TPSA) is 108 Å². The van der Waals surface area contributed by atoms with Crippen molar-refractivity contribution >= 4 is 17.7 Å². The number of rotatable bonds is 7. The second kappa shape index (κ2) is 9.81. The molecule has 0 radical (unpaired) electrons. The number of likely N-dealkylation sites (tertiary alicyclic amines) is 1. The number of imidazole rings is 1. The van der Waals surface area contributed by atoms with Crippen LogP contribution in [0.4, 0.5) is 0 Å². The third-order valence-electron chi connectivity index (χ3n) is 7.41. The Kier molecular flexibility index (Phi) is 6.60. The highest BCUT2D eigenvalue weighted by Gasteiger charge is 2.39. The maximum Gasteiger partial charge on any atom is 0.255 e. The Balaban J connectivity index is 1.23. The van der Waals surface area contributed by atoms with Gasteiger partial charge in [-0.2, -0.15) is 0 Å². The number of carbonyl (C=O) groups is 3. The minimum atomic E-state index is -0.605. The van der Waals surface area contributed by atoms with Gasteiger partial charge in [-0.05, 0) is 56.5 Å². The molecule has 2 atom stereocenters. The summed E-state index contributed by atoms with van der Waals surface area (Å²) >= 11 is 0. The highest BCUT2D eigenvalue weighted by Crippen LogP contribution is 2.30. The maximum absolute atomic E-state index is 12.9. The van der Waals surface area contributed by atoms with Gasteiger partial charge in [-0.1, -0.05) is 13.3 Å². The van der Waals surface area contributed by atoms with Crippen LogP contribution in [0.5, 0.6) is 5.75 Å². The number of fused-ring (bicyclic) bond motifs is 1. The first-order valence-corrected chi connectivity index (χ1v) is 12.6. The highest BCUT2D eigenvalue weighted by atomic mass is 16.5. The Labute approximate surface area is 205 Å². The number of hydrogen-bond donors (Lipinski definition) is 2. The van der Waals surface area contributed by atoms with Crippen molar-refractivity contribution in [2.45, 2.75) is 77.5 Å². The molecule has 0 bridgehead atoms. The number of aryl methyl sites for hydroxylation is 2. The molecule has 0 aliphatic carbocycles. The van der Waals surface area contributed by atoms with Crippen LogP contribution in [0.1, 0.15) is 72.2 Å². The fourth-order valence-corrected chi connectivity index (χ4v) is 5.37. The number of aromatic amines is 1. The molecule has 2 aromatic rings.